The molecule has 174 valence electrons. The fraction of sp³-hybridized carbons (Fsp3) is 0.360. The van der Waals surface area contributed by atoms with Gasteiger partial charge in [0, 0.05) is 18.5 Å². The first-order valence-corrected chi connectivity index (χ1v) is 12.6. The van der Waals surface area contributed by atoms with Crippen molar-refractivity contribution in [1.29, 1.82) is 0 Å². The van der Waals surface area contributed by atoms with E-state index >= 15 is 0 Å². The summed E-state index contributed by atoms with van der Waals surface area (Å²) in [5, 5.41) is 0.684. The second-order valence-corrected chi connectivity index (χ2v) is 10.2. The number of carbonyl (C=O) groups excluding carboxylic acids is 1. The predicted molar refractivity (Wildman–Crippen MR) is 125 cm³/mol. The summed E-state index contributed by atoms with van der Waals surface area (Å²) >= 11 is 0. The maximum Gasteiger partial charge on any atom is 0.339 e. The summed E-state index contributed by atoms with van der Waals surface area (Å²) < 4.78 is 38.4. The fourth-order valence-corrected chi connectivity index (χ4v) is 5.24. The first-order valence-electron chi connectivity index (χ1n) is 11.1. The predicted octanol–water partition coefficient (Wildman–Crippen LogP) is 3.95. The van der Waals surface area contributed by atoms with Gasteiger partial charge in [-0.25, -0.2) is 17.9 Å². The normalized spacial score (nSPS) is 13.6. The van der Waals surface area contributed by atoms with Crippen LogP contribution >= 0.6 is 0 Å². The van der Waals surface area contributed by atoms with Crippen molar-refractivity contribution in [2.24, 2.45) is 0 Å². The minimum absolute atomic E-state index is 0.0465. The van der Waals surface area contributed by atoms with Gasteiger partial charge in [0.1, 0.15) is 11.3 Å². The van der Waals surface area contributed by atoms with Gasteiger partial charge in [-0.05, 0) is 81.3 Å². The van der Waals surface area contributed by atoms with Crippen molar-refractivity contribution >= 4 is 27.0 Å². The van der Waals surface area contributed by atoms with Gasteiger partial charge in [0.2, 0.25) is 10.0 Å². The van der Waals surface area contributed by atoms with Crippen molar-refractivity contribution in [1.82, 2.24) is 4.72 Å². The number of hydrogen-bond donors (Lipinski definition) is 1. The largest absolute Gasteiger partial charge is 0.426 e. The van der Waals surface area contributed by atoms with E-state index in [2.05, 4.69) is 4.72 Å². The zero-order chi connectivity index (χ0) is 23.6. The molecule has 4 rings (SSSR count). The van der Waals surface area contributed by atoms with Crippen LogP contribution in [-0.4, -0.2) is 20.9 Å². The number of fused-ring (bicyclic) bond motifs is 3. The lowest BCUT2D eigenvalue weighted by Crippen LogP contribution is -2.25. The summed E-state index contributed by atoms with van der Waals surface area (Å²) in [6.07, 6.45) is 3.64. The summed E-state index contributed by atoms with van der Waals surface area (Å²) in [4.78, 5) is 25.1. The van der Waals surface area contributed by atoms with E-state index in [4.69, 9.17) is 9.15 Å². The topological polar surface area (TPSA) is 103 Å². The highest BCUT2D eigenvalue weighted by atomic mass is 32.2. The Morgan fingerprint density at radius 3 is 2.45 bits per heavy atom. The molecule has 0 spiro atoms. The van der Waals surface area contributed by atoms with Gasteiger partial charge in [-0.15, -0.1) is 0 Å². The Morgan fingerprint density at radius 1 is 1.03 bits per heavy atom. The molecule has 1 aromatic heterocycles. The Hall–Kier alpha value is -2.97. The van der Waals surface area contributed by atoms with Gasteiger partial charge < -0.3 is 9.15 Å². The van der Waals surface area contributed by atoms with E-state index in [-0.39, 0.29) is 23.5 Å². The summed E-state index contributed by atoms with van der Waals surface area (Å²) in [5.41, 5.74) is 3.47. The van der Waals surface area contributed by atoms with Gasteiger partial charge in [0.05, 0.1) is 10.3 Å². The molecule has 0 amide bonds. The highest BCUT2D eigenvalue weighted by molar-refractivity contribution is 7.89. The molecule has 3 aromatic rings. The average molecular weight is 470 g/mol. The lowest BCUT2D eigenvalue weighted by Gasteiger charge is -2.18. The van der Waals surface area contributed by atoms with Crippen LogP contribution in [0.25, 0.3) is 11.0 Å². The van der Waals surface area contributed by atoms with E-state index in [1.807, 2.05) is 13.8 Å². The molecule has 8 heteroatoms. The maximum absolute atomic E-state index is 12.5. The van der Waals surface area contributed by atoms with Crippen LogP contribution in [0.15, 0.2) is 50.5 Å². The van der Waals surface area contributed by atoms with Crippen LogP contribution in [0.4, 0.5) is 0 Å². The van der Waals surface area contributed by atoms with Gasteiger partial charge in [-0.3, -0.25) is 4.79 Å². The van der Waals surface area contributed by atoms with Crippen LogP contribution in [0, 0.1) is 13.8 Å². The highest BCUT2D eigenvalue weighted by Gasteiger charge is 2.22. The standard InChI is InChI=1S/C25H27NO6S/c1-16-9-11-18(12-10-16)33(29,30)26-13-5-8-23(27)31-21-14-17(2)15-22-24(21)19-6-3-4-7-20(19)25(28)32-22/h9-12,14-15,26H,3-8,13H2,1-2H3. The molecule has 33 heavy (non-hydrogen) atoms. The number of sulfonamides is 1. The number of carbonyl (C=O) groups is 1. The van der Waals surface area contributed by atoms with E-state index in [1.165, 1.54) is 0 Å². The molecule has 0 radical (unpaired) electrons. The number of ether oxygens (including phenoxy) is 1. The first-order chi connectivity index (χ1) is 15.7. The lowest BCUT2D eigenvalue weighted by atomic mass is 9.90. The van der Waals surface area contributed by atoms with Gasteiger partial charge in [-0.2, -0.15) is 0 Å². The number of aryl methyl sites for hydroxylation is 3. The Bertz CT molecular complexity index is 1360. The Kier molecular flexibility index (Phi) is 6.67. The van der Waals surface area contributed by atoms with E-state index in [9.17, 15) is 18.0 Å². The van der Waals surface area contributed by atoms with Crippen molar-refractivity contribution < 1.29 is 22.4 Å². The molecule has 1 aliphatic carbocycles. The van der Waals surface area contributed by atoms with E-state index in [0.29, 0.717) is 35.1 Å². The first kappa shape index (κ1) is 23.2. The molecular formula is C25H27NO6S. The minimum Gasteiger partial charge on any atom is -0.426 e. The Labute approximate surface area is 192 Å². The van der Waals surface area contributed by atoms with Gasteiger partial charge in [0.15, 0.2) is 0 Å². The van der Waals surface area contributed by atoms with E-state index in [1.54, 1.807) is 36.4 Å². The van der Waals surface area contributed by atoms with Crippen LogP contribution in [0.2, 0.25) is 0 Å². The summed E-state index contributed by atoms with van der Waals surface area (Å²) in [7, 11) is -3.63. The van der Waals surface area contributed by atoms with Crippen LogP contribution in [0.1, 0.15) is 47.9 Å². The molecule has 0 fully saturated rings. The van der Waals surface area contributed by atoms with Gasteiger partial charge >= 0.3 is 11.6 Å². The van der Waals surface area contributed by atoms with Crippen molar-refractivity contribution in [3.8, 4) is 5.75 Å². The molecule has 1 heterocycles. The second kappa shape index (κ2) is 9.49. The SMILES string of the molecule is Cc1ccc(S(=O)(=O)NCCCC(=O)Oc2cc(C)cc3oc(=O)c4c(c23)CCCC4)cc1. The molecular weight excluding hydrogens is 442 g/mol. The monoisotopic (exact) mass is 469 g/mol. The van der Waals surface area contributed by atoms with Crippen molar-refractivity contribution in [3.05, 3.63) is 69.1 Å². The zero-order valence-corrected chi connectivity index (χ0v) is 19.6. The molecule has 1 aliphatic rings. The molecule has 0 saturated heterocycles. The number of hydrogen-bond acceptors (Lipinski definition) is 6. The average Bonchev–Trinajstić information content (AvgIpc) is 2.77. The van der Waals surface area contributed by atoms with E-state index in [0.717, 1.165) is 36.0 Å². The third-order valence-corrected chi connectivity index (χ3v) is 7.31. The Balaban J connectivity index is 1.44. The molecule has 2 aromatic carbocycles. The molecule has 0 bridgehead atoms. The van der Waals surface area contributed by atoms with Crippen LogP contribution < -0.4 is 15.1 Å². The van der Waals surface area contributed by atoms with E-state index < -0.39 is 16.0 Å². The van der Waals surface area contributed by atoms with Gasteiger partial charge in [-0.1, -0.05) is 17.7 Å². The molecule has 0 atom stereocenters. The molecule has 7 nitrogen and oxygen atoms in total. The summed E-state index contributed by atoms with van der Waals surface area (Å²) in [6, 6.07) is 10.1. The highest BCUT2D eigenvalue weighted by Crippen LogP contribution is 2.34. The molecule has 0 unspecified atom stereocenters. The van der Waals surface area contributed by atoms with Crippen molar-refractivity contribution in [3.63, 3.8) is 0 Å². The lowest BCUT2D eigenvalue weighted by molar-refractivity contribution is -0.134. The zero-order valence-electron chi connectivity index (χ0n) is 18.8. The van der Waals surface area contributed by atoms with Crippen LogP contribution in [-0.2, 0) is 27.7 Å². The van der Waals surface area contributed by atoms with Crippen LogP contribution in [0.5, 0.6) is 5.75 Å². The van der Waals surface area contributed by atoms with Gasteiger partial charge in [0.25, 0.3) is 0 Å². The third-order valence-electron chi connectivity index (χ3n) is 5.83. The Morgan fingerprint density at radius 2 is 1.73 bits per heavy atom. The number of nitrogens with one attached hydrogen (secondary N) is 1. The maximum atomic E-state index is 12.5. The molecule has 0 saturated carbocycles. The van der Waals surface area contributed by atoms with Crippen molar-refractivity contribution in [2.75, 3.05) is 6.54 Å². The molecule has 1 N–H and O–H groups in total. The minimum atomic E-state index is -3.63. The second-order valence-electron chi connectivity index (χ2n) is 8.48. The van der Waals surface area contributed by atoms with Crippen molar-refractivity contribution in [2.45, 2.75) is 57.3 Å². The fourth-order valence-electron chi connectivity index (χ4n) is 4.16. The third kappa shape index (κ3) is 5.17. The number of benzene rings is 2. The summed E-state index contributed by atoms with van der Waals surface area (Å²) in [5.74, 6) is -0.0793. The number of esters is 1. The van der Waals surface area contributed by atoms with Crippen LogP contribution in [0.3, 0.4) is 0 Å². The molecule has 0 aliphatic heterocycles. The summed E-state index contributed by atoms with van der Waals surface area (Å²) in [6.45, 7) is 3.84. The smallest absolute Gasteiger partial charge is 0.339 e. The quantitative estimate of drug-likeness (QED) is 0.243. The number of rotatable bonds is 7.